The quantitative estimate of drug-likeness (QED) is 0.279. The number of nitrogens with two attached hydrogens (primary N) is 1. The summed E-state index contributed by atoms with van der Waals surface area (Å²) in [5, 5.41) is 4.26. The summed E-state index contributed by atoms with van der Waals surface area (Å²) >= 11 is 6.50. The normalized spacial score (nSPS) is 21.5. The fraction of sp³-hybridized carbons (Fsp3) is 0.650. The summed E-state index contributed by atoms with van der Waals surface area (Å²) in [6, 6.07) is 8.58. The monoisotopic (exact) mass is 491 g/mol. The van der Waals surface area contributed by atoms with Crippen molar-refractivity contribution >= 4 is 41.5 Å². The molecule has 0 aromatic heterocycles. The van der Waals surface area contributed by atoms with Gasteiger partial charge < -0.3 is 15.8 Å². The lowest BCUT2D eigenvalue weighted by molar-refractivity contribution is 0.0531. The van der Waals surface area contributed by atoms with Gasteiger partial charge in [-0.05, 0) is 37.3 Å². The molecule has 6 heteroatoms. The molecule has 4 nitrogen and oxygen atoms in total. The van der Waals surface area contributed by atoms with Crippen molar-refractivity contribution in [2.24, 2.45) is 10.7 Å². The zero-order valence-corrected chi connectivity index (χ0v) is 18.5. The van der Waals surface area contributed by atoms with Gasteiger partial charge in [-0.2, -0.15) is 0 Å². The number of benzene rings is 1. The summed E-state index contributed by atoms with van der Waals surface area (Å²) in [5.74, 6) is 0.574. The van der Waals surface area contributed by atoms with Crippen molar-refractivity contribution in [3.63, 3.8) is 0 Å². The highest BCUT2D eigenvalue weighted by Gasteiger charge is 2.36. The molecule has 0 bridgehead atoms. The molecule has 0 radical (unpaired) electrons. The lowest BCUT2D eigenvalue weighted by Gasteiger charge is -2.37. The topological polar surface area (TPSA) is 59.6 Å². The van der Waals surface area contributed by atoms with Gasteiger partial charge >= 0.3 is 0 Å². The molecule has 0 spiro atoms. The molecule has 3 N–H and O–H groups in total. The first kappa shape index (κ1) is 21.8. The van der Waals surface area contributed by atoms with E-state index in [1.54, 1.807) is 0 Å². The van der Waals surface area contributed by atoms with Crippen molar-refractivity contribution in [3.8, 4) is 0 Å². The first-order valence-corrected chi connectivity index (χ1v) is 9.97. The Kier molecular flexibility index (Phi) is 8.97. The van der Waals surface area contributed by atoms with Crippen molar-refractivity contribution in [2.45, 2.75) is 62.8 Å². The van der Waals surface area contributed by atoms with Crippen LogP contribution in [0.2, 0.25) is 5.02 Å². The highest BCUT2D eigenvalue weighted by molar-refractivity contribution is 14.0. The molecule has 3 rings (SSSR count). The minimum atomic E-state index is -0.0770. The van der Waals surface area contributed by atoms with Crippen LogP contribution in [-0.2, 0) is 10.2 Å². The molecule has 1 heterocycles. The third-order valence-corrected chi connectivity index (χ3v) is 5.98. The molecule has 0 unspecified atom stereocenters. The number of rotatable bonds is 4. The largest absolute Gasteiger partial charge is 0.381 e. The van der Waals surface area contributed by atoms with E-state index in [4.69, 9.17) is 27.1 Å². The van der Waals surface area contributed by atoms with Crippen molar-refractivity contribution in [2.75, 3.05) is 19.8 Å². The summed E-state index contributed by atoms with van der Waals surface area (Å²) in [6.45, 7) is 2.15. The average molecular weight is 492 g/mol. The van der Waals surface area contributed by atoms with Crippen LogP contribution in [0.5, 0.6) is 0 Å². The highest BCUT2D eigenvalue weighted by Crippen LogP contribution is 2.38. The molecule has 26 heavy (non-hydrogen) atoms. The van der Waals surface area contributed by atoms with Gasteiger partial charge in [-0.15, -0.1) is 24.0 Å². The maximum absolute atomic E-state index is 6.50. The summed E-state index contributed by atoms with van der Waals surface area (Å²) < 4.78 is 5.59. The Morgan fingerprint density at radius 2 is 1.81 bits per heavy atom. The van der Waals surface area contributed by atoms with Crippen molar-refractivity contribution in [1.29, 1.82) is 0 Å². The third kappa shape index (κ3) is 5.73. The SMILES string of the molecule is I.NC(=NCC1(c2ccccc2Cl)CCOCC1)NC1CCCCCC1. The van der Waals surface area contributed by atoms with Gasteiger partial charge in [0.25, 0.3) is 0 Å². The van der Waals surface area contributed by atoms with Crippen LogP contribution in [-0.4, -0.2) is 31.8 Å². The van der Waals surface area contributed by atoms with Gasteiger partial charge in [-0.3, -0.25) is 4.99 Å². The number of ether oxygens (including phenoxy) is 1. The maximum Gasteiger partial charge on any atom is 0.188 e. The van der Waals surface area contributed by atoms with E-state index in [2.05, 4.69) is 17.4 Å². The van der Waals surface area contributed by atoms with Gasteiger partial charge in [0.05, 0.1) is 6.54 Å². The van der Waals surface area contributed by atoms with Gasteiger partial charge in [-0.1, -0.05) is 55.5 Å². The molecule has 1 aromatic rings. The Hall–Kier alpha value is -0.530. The molecule has 0 atom stereocenters. The smallest absolute Gasteiger partial charge is 0.188 e. The first-order chi connectivity index (χ1) is 12.2. The van der Waals surface area contributed by atoms with Gasteiger partial charge in [0.2, 0.25) is 0 Å². The van der Waals surface area contributed by atoms with Crippen LogP contribution in [0.1, 0.15) is 56.9 Å². The average Bonchev–Trinajstić information content (AvgIpc) is 2.90. The summed E-state index contributed by atoms with van der Waals surface area (Å²) in [4.78, 5) is 4.73. The number of aliphatic imine (C=N–C) groups is 1. The highest BCUT2D eigenvalue weighted by atomic mass is 127. The minimum absolute atomic E-state index is 0. The van der Waals surface area contributed by atoms with E-state index in [1.165, 1.54) is 44.1 Å². The minimum Gasteiger partial charge on any atom is -0.381 e. The molecule has 146 valence electrons. The predicted octanol–water partition coefficient (Wildman–Crippen LogP) is 4.63. The second kappa shape index (κ2) is 10.7. The Bertz CT molecular complexity index is 582. The summed E-state index contributed by atoms with van der Waals surface area (Å²) in [5.41, 5.74) is 7.32. The van der Waals surface area contributed by atoms with Crippen LogP contribution in [0.3, 0.4) is 0 Å². The summed E-state index contributed by atoms with van der Waals surface area (Å²) in [6.07, 6.45) is 9.49. The van der Waals surface area contributed by atoms with Gasteiger partial charge in [0.1, 0.15) is 0 Å². The zero-order chi connectivity index (χ0) is 17.5. The van der Waals surface area contributed by atoms with E-state index < -0.39 is 0 Å². The van der Waals surface area contributed by atoms with Crippen LogP contribution in [0.15, 0.2) is 29.3 Å². The third-order valence-electron chi connectivity index (χ3n) is 5.65. The fourth-order valence-corrected chi connectivity index (χ4v) is 4.42. The lowest BCUT2D eigenvalue weighted by atomic mass is 9.74. The predicted molar refractivity (Wildman–Crippen MR) is 120 cm³/mol. The molecule has 2 fully saturated rings. The molecular formula is C20H31ClIN3O. The summed E-state index contributed by atoms with van der Waals surface area (Å²) in [7, 11) is 0. The van der Waals surface area contributed by atoms with Crippen molar-refractivity contribution in [3.05, 3.63) is 34.9 Å². The Labute approximate surface area is 179 Å². The van der Waals surface area contributed by atoms with E-state index >= 15 is 0 Å². The second-order valence-corrected chi connectivity index (χ2v) is 7.81. The Morgan fingerprint density at radius 3 is 2.46 bits per heavy atom. The molecule has 1 saturated heterocycles. The van der Waals surface area contributed by atoms with Crippen LogP contribution < -0.4 is 11.1 Å². The molecular weight excluding hydrogens is 461 g/mol. The molecule has 1 aromatic carbocycles. The zero-order valence-electron chi connectivity index (χ0n) is 15.4. The van der Waals surface area contributed by atoms with Gasteiger partial charge in [0.15, 0.2) is 5.96 Å². The van der Waals surface area contributed by atoms with E-state index in [1.807, 2.05) is 12.1 Å². The van der Waals surface area contributed by atoms with E-state index in [9.17, 15) is 0 Å². The van der Waals surface area contributed by atoms with Gasteiger partial charge in [0, 0.05) is 29.7 Å². The van der Waals surface area contributed by atoms with E-state index in [0.29, 0.717) is 18.5 Å². The Morgan fingerprint density at radius 1 is 1.15 bits per heavy atom. The number of hydrogen-bond acceptors (Lipinski definition) is 2. The number of nitrogens with one attached hydrogen (secondary N) is 1. The molecule has 1 aliphatic carbocycles. The van der Waals surface area contributed by atoms with Crippen LogP contribution in [0, 0.1) is 0 Å². The molecule has 1 aliphatic heterocycles. The Balaban J connectivity index is 0.00000243. The van der Waals surface area contributed by atoms with E-state index in [0.717, 1.165) is 31.1 Å². The van der Waals surface area contributed by atoms with Crippen LogP contribution >= 0.6 is 35.6 Å². The van der Waals surface area contributed by atoms with Crippen LogP contribution in [0.4, 0.5) is 0 Å². The van der Waals surface area contributed by atoms with E-state index in [-0.39, 0.29) is 29.4 Å². The number of hydrogen-bond donors (Lipinski definition) is 2. The lowest BCUT2D eigenvalue weighted by Crippen LogP contribution is -2.42. The van der Waals surface area contributed by atoms with Crippen molar-refractivity contribution in [1.82, 2.24) is 5.32 Å². The van der Waals surface area contributed by atoms with Crippen molar-refractivity contribution < 1.29 is 4.74 Å². The number of nitrogens with zero attached hydrogens (tertiary/aromatic N) is 1. The first-order valence-electron chi connectivity index (χ1n) is 9.59. The maximum atomic E-state index is 6.50. The second-order valence-electron chi connectivity index (χ2n) is 7.41. The number of halogens is 2. The standard InChI is InChI=1S/C20H30ClN3O.HI/c21-18-10-6-5-9-17(18)20(11-13-25-14-12-20)15-23-19(22)24-16-7-3-1-2-4-8-16;/h5-6,9-10,16H,1-4,7-8,11-15H2,(H3,22,23,24);1H. The molecule has 2 aliphatic rings. The molecule has 1 saturated carbocycles. The molecule has 0 amide bonds. The van der Waals surface area contributed by atoms with Gasteiger partial charge in [-0.25, -0.2) is 0 Å². The fourth-order valence-electron chi connectivity index (χ4n) is 4.08. The number of guanidine groups is 1. The van der Waals surface area contributed by atoms with Crippen LogP contribution in [0.25, 0.3) is 0 Å².